The maximum atomic E-state index is 11.1. The summed E-state index contributed by atoms with van der Waals surface area (Å²) in [5.41, 5.74) is 11.9. The summed E-state index contributed by atoms with van der Waals surface area (Å²) >= 11 is 0. The molecule has 124 valence electrons. The van der Waals surface area contributed by atoms with Gasteiger partial charge in [-0.25, -0.2) is 0 Å². The van der Waals surface area contributed by atoms with Gasteiger partial charge in [-0.1, -0.05) is 12.1 Å². The third kappa shape index (κ3) is 3.08. The lowest BCUT2D eigenvalue weighted by molar-refractivity contribution is -0.384. The van der Waals surface area contributed by atoms with Crippen molar-refractivity contribution in [3.05, 3.63) is 87.2 Å². The molecule has 0 aliphatic carbocycles. The molecule has 0 bridgehead atoms. The van der Waals surface area contributed by atoms with E-state index in [0.717, 1.165) is 0 Å². The van der Waals surface area contributed by atoms with E-state index in [2.05, 4.69) is 0 Å². The summed E-state index contributed by atoms with van der Waals surface area (Å²) in [6, 6.07) is 13.6. The minimum absolute atomic E-state index is 0.00806. The average Bonchev–Trinajstić information content (AvgIpc) is 3.25. The second-order valence-electron chi connectivity index (χ2n) is 5.30. The van der Waals surface area contributed by atoms with Crippen LogP contribution in [0.5, 0.6) is 0 Å². The van der Waals surface area contributed by atoms with Crippen LogP contribution in [0.4, 0.5) is 5.69 Å². The van der Waals surface area contributed by atoms with Crippen LogP contribution in [0.15, 0.2) is 57.4 Å². The molecular weight excluding hydrogens is 310 g/mol. The molecule has 0 radical (unpaired) electrons. The molecule has 4 N–H and O–H groups in total. The summed E-state index contributed by atoms with van der Waals surface area (Å²) < 4.78 is 11.5. The van der Waals surface area contributed by atoms with Crippen molar-refractivity contribution < 1.29 is 13.8 Å². The zero-order chi connectivity index (χ0) is 17.1. The molecule has 0 aliphatic rings. The minimum Gasteiger partial charge on any atom is -0.464 e. The Morgan fingerprint density at radius 2 is 1.54 bits per heavy atom. The van der Waals surface area contributed by atoms with Crippen molar-refractivity contribution in [2.75, 3.05) is 0 Å². The van der Waals surface area contributed by atoms with Gasteiger partial charge in [0.05, 0.1) is 18.0 Å². The van der Waals surface area contributed by atoms with Gasteiger partial charge in [-0.2, -0.15) is 0 Å². The molecule has 0 spiro atoms. The van der Waals surface area contributed by atoms with Gasteiger partial charge in [0, 0.05) is 12.1 Å². The second kappa shape index (κ2) is 6.69. The van der Waals surface area contributed by atoms with Gasteiger partial charge in [0.1, 0.15) is 29.0 Å². The van der Waals surface area contributed by atoms with Gasteiger partial charge in [-0.3, -0.25) is 10.1 Å². The highest BCUT2D eigenvalue weighted by atomic mass is 16.6. The van der Waals surface area contributed by atoms with E-state index in [1.807, 2.05) is 0 Å². The van der Waals surface area contributed by atoms with Crippen LogP contribution in [0, 0.1) is 10.1 Å². The van der Waals surface area contributed by atoms with Gasteiger partial charge < -0.3 is 20.3 Å². The molecule has 2 aromatic heterocycles. The number of hydrogen-bond acceptors (Lipinski definition) is 6. The van der Waals surface area contributed by atoms with Crippen molar-refractivity contribution in [2.45, 2.75) is 19.0 Å². The number of nitro groups is 1. The Morgan fingerprint density at radius 1 is 0.958 bits per heavy atom. The lowest BCUT2D eigenvalue weighted by Crippen LogP contribution is -2.02. The Labute approximate surface area is 138 Å². The van der Waals surface area contributed by atoms with Crippen molar-refractivity contribution >= 4 is 5.69 Å². The Hall–Kier alpha value is -2.90. The van der Waals surface area contributed by atoms with E-state index in [1.54, 1.807) is 36.4 Å². The fraction of sp³-hybridized carbons (Fsp3) is 0.176. The quantitative estimate of drug-likeness (QED) is 0.530. The van der Waals surface area contributed by atoms with E-state index >= 15 is 0 Å². The number of nitrogens with two attached hydrogens (primary N) is 2. The van der Waals surface area contributed by atoms with Crippen LogP contribution in [0.3, 0.4) is 0 Å². The first-order chi connectivity index (χ1) is 11.6. The first-order valence-electron chi connectivity index (χ1n) is 7.44. The van der Waals surface area contributed by atoms with E-state index in [9.17, 15) is 10.1 Å². The number of nitrogens with zero attached hydrogens (tertiary/aromatic N) is 1. The summed E-state index contributed by atoms with van der Waals surface area (Å²) in [6.45, 7) is 0.543. The molecule has 0 amide bonds. The monoisotopic (exact) mass is 327 g/mol. The van der Waals surface area contributed by atoms with E-state index in [4.69, 9.17) is 20.3 Å². The molecule has 0 atom stereocenters. The fourth-order valence-electron chi connectivity index (χ4n) is 2.61. The van der Waals surface area contributed by atoms with Gasteiger partial charge in [-0.15, -0.1) is 0 Å². The Bertz CT molecular complexity index is 811. The summed E-state index contributed by atoms with van der Waals surface area (Å²) in [6.07, 6.45) is 0. The molecule has 0 fully saturated rings. The van der Waals surface area contributed by atoms with E-state index in [-0.39, 0.29) is 18.8 Å². The molecule has 0 aliphatic heterocycles. The van der Waals surface area contributed by atoms with Crippen molar-refractivity contribution in [1.82, 2.24) is 0 Å². The van der Waals surface area contributed by atoms with Gasteiger partial charge >= 0.3 is 0 Å². The molecule has 3 aromatic rings. The first-order valence-corrected chi connectivity index (χ1v) is 7.44. The number of hydrogen-bond donors (Lipinski definition) is 2. The van der Waals surface area contributed by atoms with Gasteiger partial charge in [0.2, 0.25) is 0 Å². The summed E-state index contributed by atoms with van der Waals surface area (Å²) in [5.74, 6) is 2.06. The first kappa shape index (κ1) is 16.0. The van der Waals surface area contributed by atoms with Gasteiger partial charge in [0.15, 0.2) is 0 Å². The molecule has 3 rings (SSSR count). The highest BCUT2D eigenvalue weighted by Crippen LogP contribution is 2.35. The highest BCUT2D eigenvalue weighted by Gasteiger charge is 2.25. The SMILES string of the molecule is NCc1ccc(C(c2cccc([N+](=O)[O-])c2)c2ccc(CN)o2)o1. The minimum atomic E-state index is -0.429. The van der Waals surface area contributed by atoms with Crippen LogP contribution < -0.4 is 11.5 Å². The largest absolute Gasteiger partial charge is 0.464 e. The maximum absolute atomic E-state index is 11.1. The molecular formula is C17H17N3O4. The lowest BCUT2D eigenvalue weighted by Gasteiger charge is -2.13. The van der Waals surface area contributed by atoms with Crippen molar-refractivity contribution in [1.29, 1.82) is 0 Å². The molecule has 1 aromatic carbocycles. The van der Waals surface area contributed by atoms with Crippen LogP contribution in [-0.2, 0) is 13.1 Å². The van der Waals surface area contributed by atoms with Crippen molar-refractivity contribution in [3.8, 4) is 0 Å². The van der Waals surface area contributed by atoms with Gasteiger partial charge in [0.25, 0.3) is 5.69 Å². The molecule has 7 nitrogen and oxygen atoms in total. The number of nitro benzene ring substituents is 1. The van der Waals surface area contributed by atoms with E-state index in [0.29, 0.717) is 28.6 Å². The standard InChI is InChI=1S/C17H17N3O4/c18-9-13-4-6-15(23-13)17(16-7-5-14(10-19)24-16)11-2-1-3-12(8-11)20(21)22/h1-8,17H,9-10,18-19H2. The molecule has 0 saturated carbocycles. The highest BCUT2D eigenvalue weighted by molar-refractivity contribution is 5.43. The van der Waals surface area contributed by atoms with Crippen LogP contribution in [-0.4, -0.2) is 4.92 Å². The van der Waals surface area contributed by atoms with Crippen LogP contribution >= 0.6 is 0 Å². The molecule has 0 unspecified atom stereocenters. The van der Waals surface area contributed by atoms with Crippen molar-refractivity contribution in [2.24, 2.45) is 11.5 Å². The number of benzene rings is 1. The summed E-state index contributed by atoms with van der Waals surface area (Å²) in [7, 11) is 0. The molecule has 24 heavy (non-hydrogen) atoms. The van der Waals surface area contributed by atoms with E-state index in [1.165, 1.54) is 12.1 Å². The number of furan rings is 2. The smallest absolute Gasteiger partial charge is 0.269 e. The Balaban J connectivity index is 2.10. The zero-order valence-electron chi connectivity index (χ0n) is 12.8. The average molecular weight is 327 g/mol. The maximum Gasteiger partial charge on any atom is 0.269 e. The Kier molecular flexibility index (Phi) is 4.45. The topological polar surface area (TPSA) is 121 Å². The van der Waals surface area contributed by atoms with Crippen LogP contribution in [0.2, 0.25) is 0 Å². The fourth-order valence-corrected chi connectivity index (χ4v) is 2.61. The molecule has 7 heteroatoms. The Morgan fingerprint density at radius 3 is 2.00 bits per heavy atom. The summed E-state index contributed by atoms with van der Waals surface area (Å²) in [4.78, 5) is 10.6. The van der Waals surface area contributed by atoms with E-state index < -0.39 is 10.8 Å². The molecule has 2 heterocycles. The zero-order valence-corrected chi connectivity index (χ0v) is 12.8. The normalized spacial score (nSPS) is 11.1. The predicted molar refractivity (Wildman–Crippen MR) is 87.2 cm³/mol. The van der Waals surface area contributed by atoms with Gasteiger partial charge in [-0.05, 0) is 29.8 Å². The lowest BCUT2D eigenvalue weighted by atomic mass is 9.93. The summed E-state index contributed by atoms with van der Waals surface area (Å²) in [5, 5.41) is 11.1. The number of rotatable bonds is 6. The molecule has 0 saturated heterocycles. The third-order valence-electron chi connectivity index (χ3n) is 3.75. The third-order valence-corrected chi connectivity index (χ3v) is 3.75. The van der Waals surface area contributed by atoms with Crippen LogP contribution in [0.25, 0.3) is 0 Å². The van der Waals surface area contributed by atoms with Crippen LogP contribution in [0.1, 0.15) is 34.5 Å². The predicted octanol–water partition coefficient (Wildman–Crippen LogP) is 2.88. The second-order valence-corrected chi connectivity index (χ2v) is 5.30. The number of non-ortho nitro benzene ring substituents is 1. The van der Waals surface area contributed by atoms with Crippen molar-refractivity contribution in [3.63, 3.8) is 0 Å².